The summed E-state index contributed by atoms with van der Waals surface area (Å²) in [4.78, 5) is 10.5. The average Bonchev–Trinajstić information content (AvgIpc) is 2.05. The Morgan fingerprint density at radius 2 is 2.00 bits per heavy atom. The summed E-state index contributed by atoms with van der Waals surface area (Å²) in [5.41, 5.74) is 0. The molecule has 1 N–H and O–H groups in total. The number of rotatable bonds is 3. The Hall–Kier alpha value is -0.530. The monoisotopic (exact) mass is 170 g/mol. The Morgan fingerprint density at radius 3 is 2.50 bits per heavy atom. The highest BCUT2D eigenvalue weighted by atomic mass is 16.4. The quantitative estimate of drug-likeness (QED) is 0.707. The lowest BCUT2D eigenvalue weighted by molar-refractivity contribution is -0.138. The molecule has 0 radical (unpaired) electrons. The fourth-order valence-corrected chi connectivity index (χ4v) is 2.15. The third-order valence-corrected chi connectivity index (χ3v) is 2.95. The normalized spacial score (nSPS) is 22.1. The molecule has 1 aliphatic carbocycles. The summed E-state index contributed by atoms with van der Waals surface area (Å²) in [6.07, 6.45) is 6.78. The molecular formula is C10H18O2. The van der Waals surface area contributed by atoms with Gasteiger partial charge in [0, 0.05) is 6.42 Å². The molecule has 1 fully saturated rings. The number of carbonyl (C=O) groups is 1. The van der Waals surface area contributed by atoms with Crippen LogP contribution in [0.25, 0.3) is 0 Å². The van der Waals surface area contributed by atoms with Crippen LogP contribution in [-0.2, 0) is 4.79 Å². The highest BCUT2D eigenvalue weighted by Crippen LogP contribution is 2.31. The van der Waals surface area contributed by atoms with E-state index in [9.17, 15) is 4.79 Å². The molecule has 1 unspecified atom stereocenters. The van der Waals surface area contributed by atoms with E-state index in [1.54, 1.807) is 0 Å². The van der Waals surface area contributed by atoms with E-state index in [1.807, 2.05) is 0 Å². The highest BCUT2D eigenvalue weighted by Gasteiger charge is 2.21. The minimum Gasteiger partial charge on any atom is -0.481 e. The maximum absolute atomic E-state index is 10.5. The van der Waals surface area contributed by atoms with E-state index >= 15 is 0 Å². The third kappa shape index (κ3) is 2.84. The molecule has 0 aromatic carbocycles. The van der Waals surface area contributed by atoms with Gasteiger partial charge in [-0.15, -0.1) is 0 Å². The molecule has 2 heteroatoms. The van der Waals surface area contributed by atoms with Gasteiger partial charge in [0.15, 0.2) is 0 Å². The van der Waals surface area contributed by atoms with Crippen molar-refractivity contribution in [3.63, 3.8) is 0 Å². The molecule has 1 saturated carbocycles. The van der Waals surface area contributed by atoms with Crippen molar-refractivity contribution in [2.24, 2.45) is 11.8 Å². The summed E-state index contributed by atoms with van der Waals surface area (Å²) in [5.74, 6) is 0.408. The SMILES string of the molecule is CC(CC(=O)O)C1CCCCC1. The molecule has 0 amide bonds. The average molecular weight is 170 g/mol. The fourth-order valence-electron chi connectivity index (χ4n) is 2.15. The molecule has 0 bridgehead atoms. The van der Waals surface area contributed by atoms with E-state index in [0.717, 1.165) is 0 Å². The number of carboxylic acid groups (broad SMARTS) is 1. The molecule has 12 heavy (non-hydrogen) atoms. The first kappa shape index (κ1) is 9.56. The van der Waals surface area contributed by atoms with Crippen molar-refractivity contribution in [1.29, 1.82) is 0 Å². The van der Waals surface area contributed by atoms with Crippen LogP contribution in [0.2, 0.25) is 0 Å². The lowest BCUT2D eigenvalue weighted by Gasteiger charge is -2.26. The minimum atomic E-state index is -0.645. The van der Waals surface area contributed by atoms with Gasteiger partial charge < -0.3 is 5.11 Å². The number of hydrogen-bond acceptors (Lipinski definition) is 1. The van der Waals surface area contributed by atoms with Gasteiger partial charge in [-0.05, 0) is 11.8 Å². The predicted octanol–water partition coefficient (Wildman–Crippen LogP) is 2.68. The maximum atomic E-state index is 10.5. The van der Waals surface area contributed by atoms with Gasteiger partial charge in [0.2, 0.25) is 0 Å². The van der Waals surface area contributed by atoms with Crippen LogP contribution in [0.3, 0.4) is 0 Å². The van der Waals surface area contributed by atoms with Crippen molar-refractivity contribution in [3.05, 3.63) is 0 Å². The van der Waals surface area contributed by atoms with Gasteiger partial charge >= 0.3 is 5.97 Å². The van der Waals surface area contributed by atoms with Crippen molar-refractivity contribution in [2.75, 3.05) is 0 Å². The van der Waals surface area contributed by atoms with Crippen LogP contribution >= 0.6 is 0 Å². The standard InChI is InChI=1S/C10H18O2/c1-8(7-10(11)12)9-5-3-2-4-6-9/h8-9H,2-7H2,1H3,(H,11,12). The van der Waals surface area contributed by atoms with Gasteiger partial charge in [-0.3, -0.25) is 4.79 Å². The molecule has 0 spiro atoms. The fraction of sp³-hybridized carbons (Fsp3) is 0.900. The summed E-state index contributed by atoms with van der Waals surface area (Å²) in [7, 11) is 0. The van der Waals surface area contributed by atoms with E-state index in [0.29, 0.717) is 18.3 Å². The molecule has 0 aromatic heterocycles. The van der Waals surface area contributed by atoms with Crippen LogP contribution in [0, 0.1) is 11.8 Å². The van der Waals surface area contributed by atoms with Gasteiger partial charge in [0.1, 0.15) is 0 Å². The summed E-state index contributed by atoms with van der Waals surface area (Å²) in [6, 6.07) is 0. The predicted molar refractivity (Wildman–Crippen MR) is 48.0 cm³/mol. The molecule has 0 aromatic rings. The zero-order valence-corrected chi connectivity index (χ0v) is 7.75. The first-order valence-corrected chi connectivity index (χ1v) is 4.92. The van der Waals surface area contributed by atoms with E-state index in [-0.39, 0.29) is 0 Å². The lowest BCUT2D eigenvalue weighted by Crippen LogP contribution is -2.18. The Kier molecular flexibility index (Phi) is 3.57. The second-order valence-electron chi connectivity index (χ2n) is 3.97. The van der Waals surface area contributed by atoms with Crippen molar-refractivity contribution in [3.8, 4) is 0 Å². The van der Waals surface area contributed by atoms with E-state index in [1.165, 1.54) is 32.1 Å². The first-order valence-electron chi connectivity index (χ1n) is 4.92. The molecule has 1 rings (SSSR count). The van der Waals surface area contributed by atoms with E-state index in [2.05, 4.69) is 6.92 Å². The van der Waals surface area contributed by atoms with Crippen LogP contribution in [0.15, 0.2) is 0 Å². The second kappa shape index (κ2) is 4.48. The van der Waals surface area contributed by atoms with E-state index < -0.39 is 5.97 Å². The third-order valence-electron chi connectivity index (χ3n) is 2.95. The van der Waals surface area contributed by atoms with Gasteiger partial charge in [-0.2, -0.15) is 0 Å². The van der Waals surface area contributed by atoms with E-state index in [4.69, 9.17) is 5.11 Å². The van der Waals surface area contributed by atoms with Gasteiger partial charge in [0.05, 0.1) is 0 Å². The molecular weight excluding hydrogens is 152 g/mol. The van der Waals surface area contributed by atoms with Gasteiger partial charge in [0.25, 0.3) is 0 Å². The Morgan fingerprint density at radius 1 is 1.42 bits per heavy atom. The van der Waals surface area contributed by atoms with Crippen LogP contribution in [-0.4, -0.2) is 11.1 Å². The highest BCUT2D eigenvalue weighted by molar-refractivity contribution is 5.66. The Labute approximate surface area is 74.0 Å². The minimum absolute atomic E-state index is 0.352. The number of carboxylic acids is 1. The molecule has 1 aliphatic rings. The Balaban J connectivity index is 2.29. The lowest BCUT2D eigenvalue weighted by atomic mass is 9.79. The smallest absolute Gasteiger partial charge is 0.303 e. The van der Waals surface area contributed by atoms with Crippen LogP contribution in [0.5, 0.6) is 0 Å². The van der Waals surface area contributed by atoms with Crippen LogP contribution in [0.1, 0.15) is 45.4 Å². The summed E-state index contributed by atoms with van der Waals surface area (Å²) in [5, 5.41) is 8.61. The van der Waals surface area contributed by atoms with Crippen LogP contribution < -0.4 is 0 Å². The zero-order chi connectivity index (χ0) is 8.97. The molecule has 2 nitrogen and oxygen atoms in total. The second-order valence-corrected chi connectivity index (χ2v) is 3.97. The topological polar surface area (TPSA) is 37.3 Å². The van der Waals surface area contributed by atoms with Crippen molar-refractivity contribution in [2.45, 2.75) is 45.4 Å². The zero-order valence-electron chi connectivity index (χ0n) is 7.75. The molecule has 70 valence electrons. The summed E-state index contributed by atoms with van der Waals surface area (Å²) < 4.78 is 0. The van der Waals surface area contributed by atoms with Crippen molar-refractivity contribution < 1.29 is 9.90 Å². The molecule has 0 aliphatic heterocycles. The summed E-state index contributed by atoms with van der Waals surface area (Å²) in [6.45, 7) is 2.07. The largest absolute Gasteiger partial charge is 0.481 e. The molecule has 1 atom stereocenters. The molecule has 0 heterocycles. The number of hydrogen-bond donors (Lipinski definition) is 1. The number of aliphatic carboxylic acids is 1. The van der Waals surface area contributed by atoms with Gasteiger partial charge in [-0.1, -0.05) is 39.0 Å². The maximum Gasteiger partial charge on any atom is 0.303 e. The van der Waals surface area contributed by atoms with Crippen molar-refractivity contribution >= 4 is 5.97 Å². The molecule has 0 saturated heterocycles. The first-order chi connectivity index (χ1) is 5.70. The van der Waals surface area contributed by atoms with Gasteiger partial charge in [-0.25, -0.2) is 0 Å². The van der Waals surface area contributed by atoms with Crippen LogP contribution in [0.4, 0.5) is 0 Å². The Bertz CT molecular complexity index is 148. The summed E-state index contributed by atoms with van der Waals surface area (Å²) >= 11 is 0. The van der Waals surface area contributed by atoms with Crippen molar-refractivity contribution in [1.82, 2.24) is 0 Å².